The number of aryl methyl sites for hydroxylation is 1. The van der Waals surface area contributed by atoms with Crippen LogP contribution in [0, 0.1) is 11.3 Å². The van der Waals surface area contributed by atoms with Crippen molar-refractivity contribution in [2.45, 2.75) is 46.1 Å². The van der Waals surface area contributed by atoms with Gasteiger partial charge in [-0.1, -0.05) is 13.3 Å². The third-order valence-electron chi connectivity index (χ3n) is 3.13. The number of aromatic nitrogens is 1. The van der Waals surface area contributed by atoms with Gasteiger partial charge in [0.2, 0.25) is 0 Å². The van der Waals surface area contributed by atoms with Gasteiger partial charge in [-0.15, -0.1) is 0 Å². The first kappa shape index (κ1) is 16.9. The Morgan fingerprint density at radius 1 is 1.52 bits per heavy atom. The summed E-state index contributed by atoms with van der Waals surface area (Å²) in [5.41, 5.74) is 3.88. The maximum Gasteiger partial charge on any atom is 0.254 e. The maximum absolute atomic E-state index is 12.6. The largest absolute Gasteiger partial charge is 0.335 e. The van der Waals surface area contributed by atoms with Crippen molar-refractivity contribution in [1.82, 2.24) is 9.88 Å². The minimum absolute atomic E-state index is 0.0305. The summed E-state index contributed by atoms with van der Waals surface area (Å²) in [5.74, 6) is 5.80. The number of pyridine rings is 1. The second-order valence-corrected chi connectivity index (χ2v) is 5.13. The van der Waals surface area contributed by atoms with Crippen molar-refractivity contribution in [3.05, 3.63) is 23.4 Å². The number of nitrogen functional groups attached to an aromatic ring is 1. The van der Waals surface area contributed by atoms with Crippen molar-refractivity contribution in [2.75, 3.05) is 12.0 Å². The molecule has 0 unspecified atom stereocenters. The Balaban J connectivity index is 3.08. The molecule has 0 saturated carbocycles. The van der Waals surface area contributed by atoms with Crippen LogP contribution in [0.15, 0.2) is 12.1 Å². The van der Waals surface area contributed by atoms with Gasteiger partial charge in [0.25, 0.3) is 5.91 Å². The fraction of sp³-hybridized carbons (Fsp3) is 0.533. The Kier molecular flexibility index (Phi) is 6.63. The molecule has 1 aromatic heterocycles. The molecule has 1 heterocycles. The van der Waals surface area contributed by atoms with Crippen LogP contribution in [0.1, 0.15) is 49.7 Å². The monoisotopic (exact) mass is 289 g/mol. The molecular weight excluding hydrogens is 266 g/mol. The molecule has 0 atom stereocenters. The molecule has 0 aromatic carbocycles. The van der Waals surface area contributed by atoms with Crippen molar-refractivity contribution in [3.63, 3.8) is 0 Å². The minimum Gasteiger partial charge on any atom is -0.335 e. The van der Waals surface area contributed by atoms with E-state index in [1.807, 2.05) is 13.8 Å². The van der Waals surface area contributed by atoms with E-state index in [9.17, 15) is 4.79 Å². The number of rotatable bonds is 7. The van der Waals surface area contributed by atoms with E-state index >= 15 is 0 Å². The number of nitrogens with two attached hydrogens (primary N) is 1. The lowest BCUT2D eigenvalue weighted by molar-refractivity contribution is 0.0710. The van der Waals surface area contributed by atoms with Gasteiger partial charge < -0.3 is 10.3 Å². The summed E-state index contributed by atoms with van der Waals surface area (Å²) >= 11 is 0. The van der Waals surface area contributed by atoms with Gasteiger partial charge in [0.15, 0.2) is 0 Å². The van der Waals surface area contributed by atoms with Crippen LogP contribution in [-0.4, -0.2) is 28.4 Å². The molecule has 3 N–H and O–H groups in total. The van der Waals surface area contributed by atoms with E-state index in [1.54, 1.807) is 17.0 Å². The van der Waals surface area contributed by atoms with Crippen molar-refractivity contribution < 1.29 is 4.79 Å². The van der Waals surface area contributed by atoms with Gasteiger partial charge in [-0.2, -0.15) is 5.26 Å². The molecule has 1 aromatic rings. The lowest BCUT2D eigenvalue weighted by Crippen LogP contribution is -2.37. The van der Waals surface area contributed by atoms with Crippen LogP contribution >= 0.6 is 0 Å². The van der Waals surface area contributed by atoms with Gasteiger partial charge in [-0.3, -0.25) is 4.79 Å². The number of hydrazine groups is 1. The number of anilines is 1. The highest BCUT2D eigenvalue weighted by atomic mass is 16.2. The highest BCUT2D eigenvalue weighted by molar-refractivity contribution is 5.95. The Morgan fingerprint density at radius 3 is 2.76 bits per heavy atom. The van der Waals surface area contributed by atoms with E-state index in [2.05, 4.69) is 23.4 Å². The fourth-order valence-electron chi connectivity index (χ4n) is 2.10. The first-order valence-corrected chi connectivity index (χ1v) is 7.19. The number of amides is 1. The van der Waals surface area contributed by atoms with Crippen LogP contribution in [0.2, 0.25) is 0 Å². The molecule has 21 heavy (non-hydrogen) atoms. The zero-order valence-electron chi connectivity index (χ0n) is 12.9. The maximum atomic E-state index is 12.6. The summed E-state index contributed by atoms with van der Waals surface area (Å²) in [5, 5.41) is 8.72. The zero-order chi connectivity index (χ0) is 15.8. The van der Waals surface area contributed by atoms with Gasteiger partial charge in [0, 0.05) is 23.8 Å². The molecular formula is C15H23N5O. The number of nitrogens with zero attached hydrogens (tertiary/aromatic N) is 3. The van der Waals surface area contributed by atoms with Crippen LogP contribution in [0.3, 0.4) is 0 Å². The van der Waals surface area contributed by atoms with Crippen LogP contribution < -0.4 is 11.3 Å². The lowest BCUT2D eigenvalue weighted by Gasteiger charge is -2.26. The first-order valence-electron chi connectivity index (χ1n) is 7.19. The minimum atomic E-state index is -0.100. The Hall–Kier alpha value is -2.13. The topological polar surface area (TPSA) is 95.0 Å². The highest BCUT2D eigenvalue weighted by Crippen LogP contribution is 2.15. The highest BCUT2D eigenvalue weighted by Gasteiger charge is 2.19. The third-order valence-corrected chi connectivity index (χ3v) is 3.13. The molecule has 0 spiro atoms. The summed E-state index contributed by atoms with van der Waals surface area (Å²) in [4.78, 5) is 18.7. The molecule has 0 aliphatic carbocycles. The van der Waals surface area contributed by atoms with Crippen molar-refractivity contribution in [3.8, 4) is 6.07 Å². The van der Waals surface area contributed by atoms with Crippen LogP contribution in [0.25, 0.3) is 0 Å². The van der Waals surface area contributed by atoms with Crippen molar-refractivity contribution in [1.29, 1.82) is 5.26 Å². The number of carbonyl (C=O) groups is 1. The van der Waals surface area contributed by atoms with Gasteiger partial charge in [0.1, 0.15) is 5.82 Å². The smallest absolute Gasteiger partial charge is 0.254 e. The summed E-state index contributed by atoms with van der Waals surface area (Å²) in [6, 6.07) is 5.55. The summed E-state index contributed by atoms with van der Waals surface area (Å²) < 4.78 is 0. The first-order chi connectivity index (χ1) is 10.0. The number of hydrogen-bond donors (Lipinski definition) is 2. The second-order valence-electron chi connectivity index (χ2n) is 5.13. The summed E-state index contributed by atoms with van der Waals surface area (Å²) in [6.45, 7) is 6.35. The SMILES string of the molecule is CCCc1cc(C(=O)N(CCC#N)C(C)C)cc(NN)n1. The molecule has 0 radical (unpaired) electrons. The fourth-order valence-corrected chi connectivity index (χ4v) is 2.10. The quantitative estimate of drug-likeness (QED) is 0.592. The van der Waals surface area contributed by atoms with Crippen molar-refractivity contribution >= 4 is 11.7 Å². The Labute approximate surface area is 125 Å². The predicted octanol–water partition coefficient (Wildman–Crippen LogP) is 2.08. The molecule has 1 amide bonds. The molecule has 6 heteroatoms. The zero-order valence-corrected chi connectivity index (χ0v) is 12.9. The molecule has 0 fully saturated rings. The predicted molar refractivity (Wildman–Crippen MR) is 82.4 cm³/mol. The van der Waals surface area contributed by atoms with Crippen LogP contribution in [0.4, 0.5) is 5.82 Å². The average Bonchev–Trinajstić information content (AvgIpc) is 2.47. The van der Waals surface area contributed by atoms with Gasteiger partial charge in [-0.05, 0) is 32.4 Å². The third kappa shape index (κ3) is 4.72. The van der Waals surface area contributed by atoms with E-state index in [0.29, 0.717) is 24.3 Å². The van der Waals surface area contributed by atoms with Gasteiger partial charge >= 0.3 is 0 Å². The number of nitriles is 1. The molecule has 0 saturated heterocycles. The van der Waals surface area contributed by atoms with Crippen LogP contribution in [-0.2, 0) is 6.42 Å². The Morgan fingerprint density at radius 2 is 2.24 bits per heavy atom. The molecule has 114 valence electrons. The van der Waals surface area contributed by atoms with Gasteiger partial charge in [0.05, 0.1) is 12.5 Å². The average molecular weight is 289 g/mol. The lowest BCUT2D eigenvalue weighted by atomic mass is 10.1. The van der Waals surface area contributed by atoms with E-state index in [1.165, 1.54) is 0 Å². The van der Waals surface area contributed by atoms with E-state index < -0.39 is 0 Å². The van der Waals surface area contributed by atoms with Crippen molar-refractivity contribution in [2.24, 2.45) is 5.84 Å². The standard InChI is InChI=1S/C15H23N5O/c1-4-6-13-9-12(10-14(18-13)19-17)15(21)20(11(2)3)8-5-7-16/h9-11H,4-6,8,17H2,1-3H3,(H,18,19). The van der Waals surface area contributed by atoms with Gasteiger partial charge in [-0.25, -0.2) is 10.8 Å². The molecule has 0 aliphatic heterocycles. The Bertz CT molecular complexity index is 521. The number of carbonyl (C=O) groups excluding carboxylic acids is 1. The molecule has 0 aliphatic rings. The van der Waals surface area contributed by atoms with E-state index in [4.69, 9.17) is 11.1 Å². The number of nitrogens with one attached hydrogen (secondary N) is 1. The molecule has 1 rings (SSSR count). The summed E-state index contributed by atoms with van der Waals surface area (Å²) in [7, 11) is 0. The second kappa shape index (κ2) is 8.22. The molecule has 0 bridgehead atoms. The normalized spacial score (nSPS) is 10.3. The number of hydrogen-bond acceptors (Lipinski definition) is 5. The summed E-state index contributed by atoms with van der Waals surface area (Å²) in [6.07, 6.45) is 2.05. The molecule has 6 nitrogen and oxygen atoms in total. The van der Waals surface area contributed by atoms with E-state index in [0.717, 1.165) is 18.5 Å². The van der Waals surface area contributed by atoms with E-state index in [-0.39, 0.29) is 11.9 Å². The van der Waals surface area contributed by atoms with Crippen LogP contribution in [0.5, 0.6) is 0 Å².